The molecule has 144 valence electrons. The zero-order chi connectivity index (χ0) is 20.1. The van der Waals surface area contributed by atoms with E-state index in [0.717, 1.165) is 12.8 Å². The monoisotopic (exact) mass is 416 g/mol. The van der Waals surface area contributed by atoms with E-state index in [0.29, 0.717) is 32.9 Å². The van der Waals surface area contributed by atoms with Crippen LogP contribution in [0.5, 0.6) is 0 Å². The van der Waals surface area contributed by atoms with Gasteiger partial charge >= 0.3 is 0 Å². The molecule has 0 bridgehead atoms. The number of amides is 1. The minimum absolute atomic E-state index is 0.139. The minimum Gasteiger partial charge on any atom is -0.267 e. The number of carbonyl (C=O) groups excluding carboxylic acids is 1. The van der Waals surface area contributed by atoms with E-state index >= 15 is 0 Å². The molecule has 0 atom stereocenters. The van der Waals surface area contributed by atoms with E-state index < -0.39 is 5.91 Å². The van der Waals surface area contributed by atoms with Crippen LogP contribution in [0.3, 0.4) is 0 Å². The Hall–Kier alpha value is -2.70. The van der Waals surface area contributed by atoms with Crippen molar-refractivity contribution in [3.05, 3.63) is 74.1 Å². The van der Waals surface area contributed by atoms with Crippen molar-refractivity contribution in [1.82, 2.24) is 15.2 Å². The molecular weight excluding hydrogens is 399 g/mol. The van der Waals surface area contributed by atoms with Crippen molar-refractivity contribution < 1.29 is 4.79 Å². The average Bonchev–Trinajstić information content (AvgIpc) is 2.70. The van der Waals surface area contributed by atoms with Crippen molar-refractivity contribution in [2.24, 2.45) is 5.10 Å². The summed E-state index contributed by atoms with van der Waals surface area (Å²) in [6, 6.07) is 12.0. The second-order valence-electron chi connectivity index (χ2n) is 6.12. The second-order valence-corrected chi connectivity index (χ2v) is 6.90. The molecule has 1 aromatic heterocycles. The first-order valence-corrected chi connectivity index (χ1v) is 9.55. The Bertz CT molecular complexity index is 1110. The van der Waals surface area contributed by atoms with E-state index in [1.165, 1.54) is 10.9 Å². The summed E-state index contributed by atoms with van der Waals surface area (Å²) in [7, 11) is 0. The third-order valence-corrected chi connectivity index (χ3v) is 4.99. The van der Waals surface area contributed by atoms with Crippen molar-refractivity contribution >= 4 is 46.1 Å². The van der Waals surface area contributed by atoms with E-state index in [2.05, 4.69) is 15.6 Å². The molecule has 6 nitrogen and oxygen atoms in total. The highest BCUT2D eigenvalue weighted by Crippen LogP contribution is 2.24. The van der Waals surface area contributed by atoms with Crippen molar-refractivity contribution in [3.8, 4) is 0 Å². The van der Waals surface area contributed by atoms with E-state index in [-0.39, 0.29) is 11.3 Å². The number of fused-ring (bicyclic) bond motifs is 1. The van der Waals surface area contributed by atoms with Gasteiger partial charge in [0.1, 0.15) is 0 Å². The minimum atomic E-state index is -0.518. The maximum absolute atomic E-state index is 12.7. The van der Waals surface area contributed by atoms with Crippen LogP contribution in [-0.2, 0) is 6.54 Å². The zero-order valence-corrected chi connectivity index (χ0v) is 16.7. The number of aryl methyl sites for hydroxylation is 1. The van der Waals surface area contributed by atoms with Crippen LogP contribution in [-0.4, -0.2) is 21.9 Å². The lowest BCUT2D eigenvalue weighted by Gasteiger charge is -2.09. The number of nitrogens with zero attached hydrogens (tertiary/aromatic N) is 3. The summed E-state index contributed by atoms with van der Waals surface area (Å²) < 4.78 is 1.33. The Kier molecular flexibility index (Phi) is 6.44. The number of hydrogen-bond acceptors (Lipinski definition) is 4. The largest absolute Gasteiger partial charge is 0.292 e. The van der Waals surface area contributed by atoms with Crippen molar-refractivity contribution in [2.75, 3.05) is 0 Å². The van der Waals surface area contributed by atoms with E-state index in [4.69, 9.17) is 23.2 Å². The van der Waals surface area contributed by atoms with E-state index in [1.807, 2.05) is 6.92 Å². The molecule has 0 spiro atoms. The second kappa shape index (κ2) is 8.99. The number of nitrogens with one attached hydrogen (secondary N) is 1. The summed E-state index contributed by atoms with van der Waals surface area (Å²) in [6.07, 6.45) is 3.10. The molecule has 1 N–H and O–H groups in total. The highest BCUT2D eigenvalue weighted by Gasteiger charge is 2.16. The SMILES string of the molecule is CCCCn1nc(C(=O)N/N=C\c2cccc(Cl)c2Cl)c2ccccc2c1=O. The highest BCUT2D eigenvalue weighted by molar-refractivity contribution is 6.43. The molecule has 0 saturated carbocycles. The van der Waals surface area contributed by atoms with Gasteiger partial charge in [0.05, 0.1) is 21.6 Å². The molecule has 0 fully saturated rings. The number of unbranched alkanes of at least 4 members (excludes halogenated alkanes) is 1. The summed E-state index contributed by atoms with van der Waals surface area (Å²) in [6.45, 7) is 2.47. The van der Waals surface area contributed by atoms with Gasteiger partial charge < -0.3 is 0 Å². The molecular formula is C20H18Cl2N4O2. The maximum Gasteiger partial charge on any atom is 0.292 e. The van der Waals surface area contributed by atoms with Crippen LogP contribution >= 0.6 is 23.2 Å². The predicted octanol–water partition coefficient (Wildman–Crippen LogP) is 4.27. The number of hydrazone groups is 1. The van der Waals surface area contributed by atoms with Crippen molar-refractivity contribution in [2.45, 2.75) is 26.3 Å². The molecule has 0 unspecified atom stereocenters. The van der Waals surface area contributed by atoms with Gasteiger partial charge in [-0.3, -0.25) is 9.59 Å². The third kappa shape index (κ3) is 4.24. The van der Waals surface area contributed by atoms with Crippen LogP contribution in [0.2, 0.25) is 10.0 Å². The third-order valence-electron chi connectivity index (χ3n) is 4.16. The number of carbonyl (C=O) groups is 1. The van der Waals surface area contributed by atoms with Crippen molar-refractivity contribution in [3.63, 3.8) is 0 Å². The van der Waals surface area contributed by atoms with Crippen LogP contribution in [0, 0.1) is 0 Å². The fourth-order valence-electron chi connectivity index (χ4n) is 2.70. The molecule has 2 aromatic carbocycles. The number of rotatable bonds is 6. The molecule has 1 amide bonds. The molecule has 0 radical (unpaired) electrons. The number of aromatic nitrogens is 2. The highest BCUT2D eigenvalue weighted by atomic mass is 35.5. The number of halogens is 2. The van der Waals surface area contributed by atoms with Crippen LogP contribution in [0.4, 0.5) is 0 Å². The first kappa shape index (κ1) is 20.0. The summed E-state index contributed by atoms with van der Waals surface area (Å²) >= 11 is 12.1. The summed E-state index contributed by atoms with van der Waals surface area (Å²) in [5.74, 6) is -0.518. The standard InChI is InChI=1S/C20H18Cl2N4O2/c1-2-3-11-26-20(28)15-9-5-4-8-14(15)18(25-26)19(27)24-23-12-13-7-6-10-16(21)17(13)22/h4-10,12H,2-3,11H2,1H3,(H,24,27)/b23-12-. The summed E-state index contributed by atoms with van der Waals surface area (Å²) in [5, 5.41) is 9.88. The smallest absolute Gasteiger partial charge is 0.267 e. The zero-order valence-electron chi connectivity index (χ0n) is 15.2. The van der Waals surface area contributed by atoms with Crippen molar-refractivity contribution in [1.29, 1.82) is 0 Å². The Morgan fingerprint density at radius 1 is 1.18 bits per heavy atom. The van der Waals surface area contributed by atoms with Gasteiger partial charge in [-0.05, 0) is 18.6 Å². The average molecular weight is 417 g/mol. The van der Waals surface area contributed by atoms with Crippen LogP contribution in [0.1, 0.15) is 35.8 Å². The Morgan fingerprint density at radius 2 is 1.93 bits per heavy atom. The van der Waals surface area contributed by atoms with Gasteiger partial charge in [-0.15, -0.1) is 0 Å². The molecule has 0 aliphatic rings. The molecule has 0 aliphatic carbocycles. The summed E-state index contributed by atoms with van der Waals surface area (Å²) in [4.78, 5) is 25.3. The molecule has 3 rings (SSSR count). The van der Waals surface area contributed by atoms with Crippen LogP contribution in [0.15, 0.2) is 52.4 Å². The normalized spacial score (nSPS) is 11.2. The molecule has 0 aliphatic heterocycles. The summed E-state index contributed by atoms with van der Waals surface area (Å²) in [5.41, 5.74) is 2.94. The van der Waals surface area contributed by atoms with Crippen LogP contribution in [0.25, 0.3) is 10.8 Å². The van der Waals surface area contributed by atoms with Gasteiger partial charge in [-0.25, -0.2) is 10.1 Å². The molecule has 0 saturated heterocycles. The van der Waals surface area contributed by atoms with Gasteiger partial charge in [0.15, 0.2) is 5.69 Å². The molecule has 28 heavy (non-hydrogen) atoms. The van der Waals surface area contributed by atoms with Gasteiger partial charge in [-0.2, -0.15) is 10.2 Å². The fraction of sp³-hybridized carbons (Fsp3) is 0.200. The topological polar surface area (TPSA) is 76.3 Å². The van der Waals surface area contributed by atoms with Gasteiger partial charge in [0.25, 0.3) is 11.5 Å². The Morgan fingerprint density at radius 3 is 2.68 bits per heavy atom. The van der Waals surface area contributed by atoms with Gasteiger partial charge in [0.2, 0.25) is 0 Å². The first-order valence-electron chi connectivity index (χ1n) is 8.80. The quantitative estimate of drug-likeness (QED) is 0.481. The maximum atomic E-state index is 12.7. The predicted molar refractivity (Wildman–Crippen MR) is 112 cm³/mol. The number of hydrogen-bond donors (Lipinski definition) is 1. The Balaban J connectivity index is 1.92. The molecule has 1 heterocycles. The Labute approximate surface area is 171 Å². The lowest BCUT2D eigenvalue weighted by molar-refractivity contribution is 0.0949. The van der Waals surface area contributed by atoms with Gasteiger partial charge in [0, 0.05) is 17.5 Å². The molecule has 8 heteroatoms. The van der Waals surface area contributed by atoms with Gasteiger partial charge in [-0.1, -0.05) is 66.9 Å². The van der Waals surface area contributed by atoms with Crippen LogP contribution < -0.4 is 11.0 Å². The number of benzene rings is 2. The lowest BCUT2D eigenvalue weighted by Crippen LogP contribution is -2.29. The van der Waals surface area contributed by atoms with E-state index in [9.17, 15) is 9.59 Å². The lowest BCUT2D eigenvalue weighted by atomic mass is 10.1. The fourth-order valence-corrected chi connectivity index (χ4v) is 3.05. The first-order chi connectivity index (χ1) is 13.5. The van der Waals surface area contributed by atoms with E-state index in [1.54, 1.807) is 42.5 Å². The molecule has 3 aromatic rings.